The number of anilines is 1. The van der Waals surface area contributed by atoms with Crippen LogP contribution in [0.15, 0.2) is 205 Å². The second-order valence-electron chi connectivity index (χ2n) is 19.5. The molecule has 0 amide bonds. The second kappa shape index (κ2) is 15.2. The third-order valence-electron chi connectivity index (χ3n) is 17.2. The van der Waals surface area contributed by atoms with Crippen LogP contribution in [0, 0.1) is 46.8 Å². The molecule has 11 atom stereocenters. The topological polar surface area (TPSA) is 3.24 Å². The van der Waals surface area contributed by atoms with Crippen LogP contribution in [0.2, 0.25) is 0 Å². The fourth-order valence-electron chi connectivity index (χ4n) is 15.2. The molecule has 1 heteroatoms. The van der Waals surface area contributed by atoms with E-state index in [4.69, 9.17) is 0 Å². The maximum Gasteiger partial charge on any atom is 0.0513 e. The molecular weight excluding hydrogens is 735 g/mol. The quantitative estimate of drug-likeness (QED) is 0.230. The molecule has 0 spiro atoms. The largest absolute Gasteiger partial charge is 0.361 e. The first-order chi connectivity index (χ1) is 30.3. The number of nitrogens with zero attached hydrogens (tertiary/aromatic N) is 1. The molecule has 0 bridgehead atoms. The number of allylic oxidation sites excluding steroid dienone is 19. The van der Waals surface area contributed by atoms with Crippen LogP contribution in [0.5, 0.6) is 0 Å². The molecule has 0 N–H and O–H groups in total. The van der Waals surface area contributed by atoms with Crippen molar-refractivity contribution in [3.63, 3.8) is 0 Å². The van der Waals surface area contributed by atoms with Crippen molar-refractivity contribution in [1.29, 1.82) is 0 Å². The number of hydrogen-bond acceptors (Lipinski definition) is 1. The van der Waals surface area contributed by atoms with E-state index in [0.29, 0.717) is 59.4 Å². The maximum atomic E-state index is 2.95. The van der Waals surface area contributed by atoms with Gasteiger partial charge in [-0.2, -0.15) is 0 Å². The molecule has 9 aliphatic carbocycles. The molecule has 1 nitrogen and oxygen atoms in total. The third kappa shape index (κ3) is 5.58. The Kier molecular flexibility index (Phi) is 9.31. The lowest BCUT2D eigenvalue weighted by atomic mass is 9.57. The van der Waals surface area contributed by atoms with Crippen LogP contribution in [-0.4, -0.2) is 12.1 Å². The minimum Gasteiger partial charge on any atom is -0.361 e. The van der Waals surface area contributed by atoms with Crippen molar-refractivity contribution in [2.24, 2.45) is 46.8 Å². The number of rotatable bonds is 7. The molecule has 3 fully saturated rings. The Bertz CT molecular complexity index is 2470. The first kappa shape index (κ1) is 37.4. The molecule has 3 saturated carbocycles. The van der Waals surface area contributed by atoms with Gasteiger partial charge in [0.25, 0.3) is 0 Å². The molecule has 0 radical (unpaired) electrons. The summed E-state index contributed by atoms with van der Waals surface area (Å²) in [5.74, 6) is 3.90. The predicted molar refractivity (Wildman–Crippen MR) is 255 cm³/mol. The van der Waals surface area contributed by atoms with Gasteiger partial charge in [0, 0.05) is 28.1 Å². The van der Waals surface area contributed by atoms with Gasteiger partial charge in [-0.15, -0.1) is 0 Å². The van der Waals surface area contributed by atoms with Gasteiger partial charge in [-0.05, 0) is 127 Å². The van der Waals surface area contributed by atoms with Gasteiger partial charge in [-0.3, -0.25) is 0 Å². The summed E-state index contributed by atoms with van der Waals surface area (Å²) in [6.07, 6.45) is 58.5. The van der Waals surface area contributed by atoms with Gasteiger partial charge < -0.3 is 4.90 Å². The summed E-state index contributed by atoms with van der Waals surface area (Å²) >= 11 is 0. The van der Waals surface area contributed by atoms with Crippen LogP contribution in [0.4, 0.5) is 5.69 Å². The minimum absolute atomic E-state index is 0.0439. The van der Waals surface area contributed by atoms with Crippen LogP contribution in [0.1, 0.15) is 79.5 Å². The SMILES string of the molecule is C1=CCC2C(=C1)C(C1=CCCC=C1)(C1C=CC=CC1)C1C=Cc3c(cccc3N(C3C=CC=CC3)C3CCC4C5C=CC=CC5C(c5ccccc5)(c5ccccc5)C4C3)C21. The van der Waals surface area contributed by atoms with Crippen molar-refractivity contribution in [3.05, 3.63) is 228 Å². The van der Waals surface area contributed by atoms with Crippen LogP contribution in [0.3, 0.4) is 0 Å². The van der Waals surface area contributed by atoms with Crippen LogP contribution in [0.25, 0.3) is 6.08 Å². The highest BCUT2D eigenvalue weighted by atomic mass is 15.2. The highest BCUT2D eigenvalue weighted by molar-refractivity contribution is 5.76. The minimum atomic E-state index is -0.0928. The highest BCUT2D eigenvalue weighted by Crippen LogP contribution is 2.70. The van der Waals surface area contributed by atoms with E-state index in [2.05, 4.69) is 205 Å². The average molecular weight is 794 g/mol. The van der Waals surface area contributed by atoms with E-state index in [1.54, 1.807) is 16.7 Å². The van der Waals surface area contributed by atoms with Crippen molar-refractivity contribution in [2.75, 3.05) is 4.90 Å². The summed E-state index contributed by atoms with van der Waals surface area (Å²) in [6.45, 7) is 0. The van der Waals surface area contributed by atoms with E-state index in [9.17, 15) is 0 Å². The van der Waals surface area contributed by atoms with E-state index >= 15 is 0 Å². The van der Waals surface area contributed by atoms with Gasteiger partial charge in [0.1, 0.15) is 0 Å². The van der Waals surface area contributed by atoms with Crippen LogP contribution < -0.4 is 4.90 Å². The number of hydrogen-bond donors (Lipinski definition) is 0. The Hall–Kier alpha value is -5.40. The molecule has 304 valence electrons. The number of fused-ring (bicyclic) bond motifs is 8. The fourth-order valence-corrected chi connectivity index (χ4v) is 15.2. The van der Waals surface area contributed by atoms with E-state index in [1.807, 2.05) is 0 Å². The van der Waals surface area contributed by atoms with Crippen molar-refractivity contribution in [2.45, 2.75) is 74.8 Å². The Labute approximate surface area is 364 Å². The summed E-state index contributed by atoms with van der Waals surface area (Å²) in [5, 5.41) is 0. The lowest BCUT2D eigenvalue weighted by Gasteiger charge is -2.50. The molecule has 3 aromatic rings. The van der Waals surface area contributed by atoms with Gasteiger partial charge in [0.05, 0.1) is 6.04 Å². The molecule has 0 aliphatic heterocycles. The van der Waals surface area contributed by atoms with Crippen molar-refractivity contribution in [1.82, 2.24) is 0 Å². The van der Waals surface area contributed by atoms with Crippen molar-refractivity contribution in [3.8, 4) is 0 Å². The summed E-state index contributed by atoms with van der Waals surface area (Å²) in [6, 6.07) is 31.6. The average Bonchev–Trinajstić information content (AvgIpc) is 3.82. The zero-order valence-electron chi connectivity index (χ0n) is 35.4. The Morgan fingerprint density at radius 1 is 0.574 bits per heavy atom. The molecule has 0 saturated heterocycles. The molecule has 61 heavy (non-hydrogen) atoms. The molecule has 3 aromatic carbocycles. The van der Waals surface area contributed by atoms with Gasteiger partial charge in [0.15, 0.2) is 0 Å². The molecular formula is C60H59N. The van der Waals surface area contributed by atoms with E-state index < -0.39 is 0 Å². The number of benzene rings is 3. The Morgan fingerprint density at radius 3 is 2.10 bits per heavy atom. The summed E-state index contributed by atoms with van der Waals surface area (Å²) < 4.78 is 0. The second-order valence-corrected chi connectivity index (χ2v) is 19.5. The van der Waals surface area contributed by atoms with E-state index in [1.165, 1.54) is 41.6 Å². The first-order valence-electron chi connectivity index (χ1n) is 23.8. The highest BCUT2D eigenvalue weighted by Gasteiger charge is 2.63. The smallest absolute Gasteiger partial charge is 0.0513 e. The normalized spacial score (nSPS) is 35.5. The van der Waals surface area contributed by atoms with Gasteiger partial charge in [-0.25, -0.2) is 0 Å². The van der Waals surface area contributed by atoms with Crippen molar-refractivity contribution >= 4 is 11.8 Å². The Morgan fingerprint density at radius 2 is 1.34 bits per heavy atom. The van der Waals surface area contributed by atoms with Gasteiger partial charge >= 0.3 is 0 Å². The van der Waals surface area contributed by atoms with Crippen LogP contribution >= 0.6 is 0 Å². The maximum absolute atomic E-state index is 2.95. The third-order valence-corrected chi connectivity index (χ3v) is 17.2. The van der Waals surface area contributed by atoms with E-state index in [-0.39, 0.29) is 10.8 Å². The Balaban J connectivity index is 0.995. The zero-order valence-corrected chi connectivity index (χ0v) is 35.4. The lowest BCUT2D eigenvalue weighted by molar-refractivity contribution is 0.182. The molecule has 11 unspecified atom stereocenters. The van der Waals surface area contributed by atoms with Gasteiger partial charge in [0.2, 0.25) is 0 Å². The zero-order chi connectivity index (χ0) is 40.4. The molecule has 12 rings (SSSR count). The summed E-state index contributed by atoms with van der Waals surface area (Å²) in [4.78, 5) is 2.95. The predicted octanol–water partition coefficient (Wildman–Crippen LogP) is 14.2. The summed E-state index contributed by atoms with van der Waals surface area (Å²) in [7, 11) is 0. The lowest BCUT2D eigenvalue weighted by Crippen LogP contribution is -2.50. The van der Waals surface area contributed by atoms with E-state index in [0.717, 1.165) is 32.1 Å². The summed E-state index contributed by atoms with van der Waals surface area (Å²) in [5.41, 5.74) is 10.6. The molecule has 0 aromatic heterocycles. The van der Waals surface area contributed by atoms with Crippen molar-refractivity contribution < 1.29 is 0 Å². The monoisotopic (exact) mass is 793 g/mol. The molecule has 0 heterocycles. The van der Waals surface area contributed by atoms with Gasteiger partial charge in [-0.1, -0.05) is 200 Å². The first-order valence-corrected chi connectivity index (χ1v) is 23.8. The van der Waals surface area contributed by atoms with Crippen LogP contribution in [-0.2, 0) is 5.41 Å². The molecule has 9 aliphatic rings. The fraction of sp³-hybridized carbons (Fsp3) is 0.333. The standard InChI is InChI=1S/C60H59N/c1-6-21-42(22-7-1)59(43-23-8-2-9-24-43)54-35-19-17-32-52(54)58-51-33-20-36-57(50(51)39-40-55(58)59)61(46-29-14-5-15-30-46)47-37-38-49-48-31-16-18-34-53(48)60(56(49)41-47,44-25-10-3-11-26-44)45-27-12-4-13-28-45/h1,3-8,10-21,23-29,31,33-36,39-40,42,46-49,52-53,55-56,58H,2,9,22,30,32,37-38,41H2.